The summed E-state index contributed by atoms with van der Waals surface area (Å²) in [6.07, 6.45) is -12.6. The van der Waals surface area contributed by atoms with Crippen LogP contribution in [0, 0.1) is 0 Å². The molecule has 1 aliphatic rings. The Morgan fingerprint density at radius 3 is 2.21 bits per heavy atom. The first-order valence-electron chi connectivity index (χ1n) is 7.97. The highest BCUT2D eigenvalue weighted by Gasteiger charge is 2.73. The number of fused-ring (bicyclic) bond motifs is 1. The van der Waals surface area contributed by atoms with Crippen LogP contribution in [0.3, 0.4) is 0 Å². The topological polar surface area (TPSA) is 76.7 Å². The number of nitrogens with one attached hydrogen (secondary N) is 2. The number of ether oxygens (including phenoxy) is 2. The molecule has 0 fully saturated rings. The lowest BCUT2D eigenvalue weighted by atomic mass is 10.1. The number of hydrogen-bond donors (Lipinski definition) is 2. The maximum absolute atomic E-state index is 13.6. The molecule has 1 heterocycles. The van der Waals surface area contributed by atoms with Gasteiger partial charge in [-0.1, -0.05) is 0 Å². The lowest BCUT2D eigenvalue weighted by molar-refractivity contribution is -0.294. The van der Waals surface area contributed by atoms with Crippen LogP contribution in [-0.2, 0) is 22.3 Å². The zero-order valence-corrected chi connectivity index (χ0v) is 15.5. The molecule has 0 unspecified atom stereocenters. The van der Waals surface area contributed by atoms with Gasteiger partial charge in [0, 0.05) is 4.88 Å². The van der Waals surface area contributed by atoms with Gasteiger partial charge in [0.25, 0.3) is 0 Å². The number of thiophene rings is 1. The predicted octanol–water partition coefficient (Wildman–Crippen LogP) is 4.00. The largest absolute Gasteiger partial charge is 0.465 e. The van der Waals surface area contributed by atoms with Gasteiger partial charge in [0.2, 0.25) is 0 Å². The van der Waals surface area contributed by atoms with Crippen molar-refractivity contribution < 1.29 is 45.4 Å². The van der Waals surface area contributed by atoms with Crippen molar-refractivity contribution in [2.75, 3.05) is 19.0 Å². The summed E-state index contributed by atoms with van der Waals surface area (Å²) in [5.41, 5.74) is -4.93. The monoisotopic (exact) mass is 434 g/mol. The highest BCUT2D eigenvalue weighted by molar-refractivity contribution is 7.16. The molecule has 2 rings (SSSR count). The van der Waals surface area contributed by atoms with Gasteiger partial charge in [0.1, 0.15) is 5.00 Å². The molecule has 1 aromatic rings. The Labute approximate surface area is 159 Å². The van der Waals surface area contributed by atoms with Crippen LogP contribution in [0.25, 0.3) is 0 Å². The van der Waals surface area contributed by atoms with Crippen molar-refractivity contribution in [1.82, 2.24) is 5.32 Å². The van der Waals surface area contributed by atoms with Crippen molar-refractivity contribution in [3.63, 3.8) is 0 Å². The third-order valence-electron chi connectivity index (χ3n) is 4.03. The first kappa shape index (κ1) is 22.1. The molecule has 0 spiro atoms. The maximum Gasteiger partial charge on any atom is 0.439 e. The fourth-order valence-corrected chi connectivity index (χ4v) is 4.11. The fraction of sp³-hybridized carbons (Fsp3) is 0.600. The molecule has 0 atom stereocenters. The molecule has 0 bridgehead atoms. The minimum absolute atomic E-state index is 0.314. The summed E-state index contributed by atoms with van der Waals surface area (Å²) in [6, 6.07) is 0. The Kier molecular flexibility index (Phi) is 6.07. The minimum Gasteiger partial charge on any atom is -0.465 e. The molecule has 2 N–H and O–H groups in total. The molecule has 158 valence electrons. The number of halogens is 6. The van der Waals surface area contributed by atoms with Gasteiger partial charge in [0.05, 0.1) is 19.3 Å². The summed E-state index contributed by atoms with van der Waals surface area (Å²) in [5, 5.41) is 1.48. The summed E-state index contributed by atoms with van der Waals surface area (Å²) in [4.78, 5) is 24.0. The summed E-state index contributed by atoms with van der Waals surface area (Å²) >= 11 is 0.588. The van der Waals surface area contributed by atoms with E-state index < -0.39 is 47.2 Å². The maximum atomic E-state index is 13.6. The van der Waals surface area contributed by atoms with Crippen LogP contribution < -0.4 is 10.6 Å². The van der Waals surface area contributed by atoms with Gasteiger partial charge in [-0.05, 0) is 31.7 Å². The Hall–Kier alpha value is -2.18. The normalized spacial score (nSPS) is 14.4. The predicted molar refractivity (Wildman–Crippen MR) is 86.3 cm³/mol. The van der Waals surface area contributed by atoms with E-state index in [0.29, 0.717) is 41.0 Å². The highest BCUT2D eigenvalue weighted by Crippen LogP contribution is 2.47. The Morgan fingerprint density at radius 2 is 1.71 bits per heavy atom. The highest BCUT2D eigenvalue weighted by atomic mass is 32.1. The SMILES string of the molecule is CCOC(=O)NC(Nc1sc2c(c1C(=O)OC)CCC2)(C(F)(F)F)C(F)(F)F. The lowest BCUT2D eigenvalue weighted by Gasteiger charge is -2.38. The van der Waals surface area contributed by atoms with E-state index in [2.05, 4.69) is 9.47 Å². The molecular formula is C15H16F6N2O4S. The van der Waals surface area contributed by atoms with Crippen LogP contribution in [0.5, 0.6) is 0 Å². The standard InChI is InChI=1S/C15H16F6N2O4S/c1-3-27-12(25)23-13(14(16,17)18,15(19,20)21)22-10-9(11(24)26-2)7-5-4-6-8(7)28-10/h22H,3-6H2,1-2H3,(H,23,25). The number of carbonyl (C=O) groups is 2. The quantitative estimate of drug-likeness (QED) is 0.416. The van der Waals surface area contributed by atoms with Crippen molar-refractivity contribution in [1.29, 1.82) is 0 Å². The van der Waals surface area contributed by atoms with Gasteiger partial charge in [-0.2, -0.15) is 26.3 Å². The molecule has 0 aliphatic heterocycles. The van der Waals surface area contributed by atoms with Crippen molar-refractivity contribution >= 4 is 28.4 Å². The second kappa shape index (κ2) is 7.68. The molecule has 6 nitrogen and oxygen atoms in total. The Bertz CT molecular complexity index is 745. The second-order valence-corrected chi connectivity index (χ2v) is 6.87. The number of hydrogen-bond acceptors (Lipinski definition) is 6. The molecule has 1 aromatic heterocycles. The van der Waals surface area contributed by atoms with Crippen molar-refractivity contribution in [3.05, 3.63) is 16.0 Å². The smallest absolute Gasteiger partial charge is 0.439 e. The van der Waals surface area contributed by atoms with E-state index in [-0.39, 0.29) is 0 Å². The van der Waals surface area contributed by atoms with Crippen molar-refractivity contribution in [2.45, 2.75) is 44.2 Å². The van der Waals surface area contributed by atoms with Gasteiger partial charge in [-0.3, -0.25) is 5.32 Å². The molecular weight excluding hydrogens is 418 g/mol. The van der Waals surface area contributed by atoms with Gasteiger partial charge < -0.3 is 14.8 Å². The molecule has 0 aromatic carbocycles. The fourth-order valence-electron chi connectivity index (χ4n) is 2.78. The van der Waals surface area contributed by atoms with E-state index >= 15 is 0 Å². The van der Waals surface area contributed by atoms with E-state index in [1.807, 2.05) is 0 Å². The first-order valence-corrected chi connectivity index (χ1v) is 8.79. The van der Waals surface area contributed by atoms with Crippen LogP contribution >= 0.6 is 11.3 Å². The van der Waals surface area contributed by atoms with Crippen LogP contribution in [0.4, 0.5) is 36.1 Å². The van der Waals surface area contributed by atoms with Crippen molar-refractivity contribution in [3.8, 4) is 0 Å². The number of methoxy groups -OCH3 is 1. The van der Waals surface area contributed by atoms with Gasteiger partial charge in [-0.15, -0.1) is 11.3 Å². The van der Waals surface area contributed by atoms with E-state index in [1.54, 1.807) is 0 Å². The zero-order chi connectivity index (χ0) is 21.3. The average molecular weight is 434 g/mol. The molecule has 0 radical (unpaired) electrons. The molecule has 0 saturated carbocycles. The molecule has 13 heteroatoms. The number of carbonyl (C=O) groups excluding carboxylic acids is 2. The van der Waals surface area contributed by atoms with E-state index in [1.165, 1.54) is 12.2 Å². The third-order valence-corrected chi connectivity index (χ3v) is 5.23. The number of amides is 1. The third kappa shape index (κ3) is 3.84. The van der Waals surface area contributed by atoms with E-state index in [0.717, 1.165) is 12.4 Å². The number of alkyl halides is 6. The van der Waals surface area contributed by atoms with Crippen molar-refractivity contribution in [2.24, 2.45) is 0 Å². The van der Waals surface area contributed by atoms with Crippen LogP contribution in [0.15, 0.2) is 0 Å². The number of rotatable bonds is 5. The van der Waals surface area contributed by atoms with E-state index in [9.17, 15) is 35.9 Å². The van der Waals surface area contributed by atoms with Gasteiger partial charge in [0.15, 0.2) is 0 Å². The Balaban J connectivity index is 2.60. The summed E-state index contributed by atoms with van der Waals surface area (Å²) in [7, 11) is 0.961. The second-order valence-electron chi connectivity index (χ2n) is 5.77. The average Bonchev–Trinajstić information content (AvgIpc) is 3.12. The zero-order valence-electron chi connectivity index (χ0n) is 14.6. The van der Waals surface area contributed by atoms with Crippen LogP contribution in [0.1, 0.15) is 34.1 Å². The molecule has 0 saturated heterocycles. The lowest BCUT2D eigenvalue weighted by Crippen LogP contribution is -2.72. The van der Waals surface area contributed by atoms with E-state index in [4.69, 9.17) is 0 Å². The first-order chi connectivity index (χ1) is 12.9. The summed E-state index contributed by atoms with van der Waals surface area (Å²) in [5.74, 6) is -1.07. The summed E-state index contributed by atoms with van der Waals surface area (Å²) < 4.78 is 90.4. The molecule has 28 heavy (non-hydrogen) atoms. The number of esters is 1. The minimum atomic E-state index is -6.01. The Morgan fingerprint density at radius 1 is 1.11 bits per heavy atom. The van der Waals surface area contributed by atoms with Crippen LogP contribution in [0.2, 0.25) is 0 Å². The molecule has 1 aliphatic carbocycles. The summed E-state index contributed by atoms with van der Waals surface area (Å²) in [6.45, 7) is 0.771. The van der Waals surface area contributed by atoms with Gasteiger partial charge >= 0.3 is 30.1 Å². The number of aryl methyl sites for hydroxylation is 1. The molecule has 1 amide bonds. The number of anilines is 1. The number of alkyl carbamates (subject to hydrolysis) is 1. The van der Waals surface area contributed by atoms with Crippen LogP contribution in [-0.4, -0.2) is 43.8 Å². The van der Waals surface area contributed by atoms with Gasteiger partial charge in [-0.25, -0.2) is 9.59 Å².